The molecule has 1 heterocycles. The summed E-state index contributed by atoms with van der Waals surface area (Å²) in [7, 11) is 0. The monoisotopic (exact) mass is 375 g/mol. The molecule has 0 atom stereocenters. The standard InChI is InChI=1S/C21H26FNO4/c22-18-9-4-5-10-19(18)26-15-17-11-12-20(27-17)21(24)23-13-6-14-25-16-7-2-1-3-8-16/h4-5,9-12,16H,1-3,6-8,13-15H2,(H,23,24). The van der Waals surface area contributed by atoms with Crippen LogP contribution in [0.15, 0.2) is 40.8 Å². The van der Waals surface area contributed by atoms with Crippen molar-refractivity contribution in [1.82, 2.24) is 5.32 Å². The van der Waals surface area contributed by atoms with E-state index in [1.165, 1.54) is 25.3 Å². The summed E-state index contributed by atoms with van der Waals surface area (Å²) < 4.78 is 30.2. The first-order valence-electron chi connectivity index (χ1n) is 9.58. The van der Waals surface area contributed by atoms with Gasteiger partial charge < -0.3 is 19.2 Å². The third-order valence-corrected chi connectivity index (χ3v) is 4.60. The highest BCUT2D eigenvalue weighted by Crippen LogP contribution is 2.20. The van der Waals surface area contributed by atoms with Gasteiger partial charge in [0, 0.05) is 13.2 Å². The Hall–Kier alpha value is -2.34. The molecule has 1 N–H and O–H groups in total. The van der Waals surface area contributed by atoms with E-state index in [1.54, 1.807) is 30.3 Å². The highest BCUT2D eigenvalue weighted by molar-refractivity contribution is 5.91. The summed E-state index contributed by atoms with van der Waals surface area (Å²) in [4.78, 5) is 12.1. The van der Waals surface area contributed by atoms with Crippen LogP contribution in [0.1, 0.15) is 54.8 Å². The van der Waals surface area contributed by atoms with E-state index in [0.29, 0.717) is 25.0 Å². The maximum absolute atomic E-state index is 13.5. The number of hydrogen-bond donors (Lipinski definition) is 1. The zero-order chi connectivity index (χ0) is 18.9. The number of amides is 1. The average Bonchev–Trinajstić information content (AvgIpc) is 3.17. The minimum absolute atomic E-state index is 0.0590. The fourth-order valence-electron chi connectivity index (χ4n) is 3.13. The summed E-state index contributed by atoms with van der Waals surface area (Å²) in [6, 6.07) is 9.40. The highest BCUT2D eigenvalue weighted by Gasteiger charge is 2.14. The Morgan fingerprint density at radius 3 is 2.78 bits per heavy atom. The van der Waals surface area contributed by atoms with E-state index in [2.05, 4.69) is 5.32 Å². The number of nitrogens with one attached hydrogen (secondary N) is 1. The summed E-state index contributed by atoms with van der Waals surface area (Å²) in [6.07, 6.45) is 7.27. The molecule has 1 aromatic carbocycles. The number of ether oxygens (including phenoxy) is 2. The third-order valence-electron chi connectivity index (χ3n) is 4.60. The first-order chi connectivity index (χ1) is 13.2. The zero-order valence-electron chi connectivity index (χ0n) is 15.4. The Morgan fingerprint density at radius 1 is 1.15 bits per heavy atom. The molecule has 0 radical (unpaired) electrons. The van der Waals surface area contributed by atoms with Crippen molar-refractivity contribution in [3.63, 3.8) is 0 Å². The van der Waals surface area contributed by atoms with Crippen molar-refractivity contribution >= 4 is 5.91 Å². The lowest BCUT2D eigenvalue weighted by molar-refractivity contribution is 0.0273. The Balaban J connectivity index is 1.35. The number of furan rings is 1. The zero-order valence-corrected chi connectivity index (χ0v) is 15.4. The van der Waals surface area contributed by atoms with E-state index in [-0.39, 0.29) is 24.0 Å². The van der Waals surface area contributed by atoms with Crippen LogP contribution in [0.5, 0.6) is 5.75 Å². The van der Waals surface area contributed by atoms with Crippen LogP contribution in [0.3, 0.4) is 0 Å². The highest BCUT2D eigenvalue weighted by atomic mass is 19.1. The molecule has 1 fully saturated rings. The molecule has 1 aliphatic carbocycles. The second kappa shape index (κ2) is 10.1. The molecule has 5 nitrogen and oxygen atoms in total. The maximum atomic E-state index is 13.5. The second-order valence-electron chi connectivity index (χ2n) is 6.73. The Bertz CT molecular complexity index is 724. The van der Waals surface area contributed by atoms with Gasteiger partial charge in [-0.2, -0.15) is 0 Å². The van der Waals surface area contributed by atoms with Gasteiger partial charge in [0.25, 0.3) is 5.91 Å². The van der Waals surface area contributed by atoms with E-state index < -0.39 is 5.82 Å². The van der Waals surface area contributed by atoms with E-state index in [0.717, 1.165) is 19.3 Å². The lowest BCUT2D eigenvalue weighted by Gasteiger charge is -2.21. The van der Waals surface area contributed by atoms with Crippen LogP contribution in [-0.2, 0) is 11.3 Å². The van der Waals surface area contributed by atoms with E-state index in [4.69, 9.17) is 13.9 Å². The largest absolute Gasteiger partial charge is 0.483 e. The van der Waals surface area contributed by atoms with Gasteiger partial charge in [0.2, 0.25) is 0 Å². The lowest BCUT2D eigenvalue weighted by Crippen LogP contribution is -2.26. The van der Waals surface area contributed by atoms with Crippen LogP contribution in [-0.4, -0.2) is 25.2 Å². The fourth-order valence-corrected chi connectivity index (χ4v) is 3.13. The van der Waals surface area contributed by atoms with Crippen molar-refractivity contribution in [3.8, 4) is 5.75 Å². The molecule has 0 spiro atoms. The van der Waals surface area contributed by atoms with E-state index in [1.807, 2.05) is 0 Å². The van der Waals surface area contributed by atoms with Crippen LogP contribution in [0, 0.1) is 5.82 Å². The van der Waals surface area contributed by atoms with Crippen LogP contribution in [0.4, 0.5) is 4.39 Å². The Morgan fingerprint density at radius 2 is 1.96 bits per heavy atom. The molecule has 0 unspecified atom stereocenters. The molecule has 6 heteroatoms. The summed E-state index contributed by atoms with van der Waals surface area (Å²) in [5, 5.41) is 2.82. The van der Waals surface area contributed by atoms with Gasteiger partial charge >= 0.3 is 0 Å². The third kappa shape index (κ3) is 6.10. The summed E-state index contributed by atoms with van der Waals surface area (Å²) in [6.45, 7) is 1.25. The second-order valence-corrected chi connectivity index (χ2v) is 6.73. The summed E-state index contributed by atoms with van der Waals surface area (Å²) in [5.74, 6) is 0.125. The molecule has 1 saturated carbocycles. The number of carbonyl (C=O) groups excluding carboxylic acids is 1. The van der Waals surface area contributed by atoms with Gasteiger partial charge in [0.1, 0.15) is 12.4 Å². The van der Waals surface area contributed by atoms with Gasteiger partial charge in [0.05, 0.1) is 6.10 Å². The summed E-state index contributed by atoms with van der Waals surface area (Å²) in [5.41, 5.74) is 0. The minimum Gasteiger partial charge on any atom is -0.483 e. The molecular formula is C21H26FNO4. The number of halogens is 1. The molecule has 0 bridgehead atoms. The summed E-state index contributed by atoms with van der Waals surface area (Å²) >= 11 is 0. The van der Waals surface area contributed by atoms with Crippen molar-refractivity contribution in [3.05, 3.63) is 53.7 Å². The van der Waals surface area contributed by atoms with E-state index in [9.17, 15) is 9.18 Å². The van der Waals surface area contributed by atoms with E-state index >= 15 is 0 Å². The van der Waals surface area contributed by atoms with Gasteiger partial charge in [0.15, 0.2) is 17.3 Å². The molecule has 1 aliphatic rings. The Labute approximate surface area is 158 Å². The number of benzene rings is 1. The van der Waals surface area contributed by atoms with Crippen molar-refractivity contribution in [1.29, 1.82) is 0 Å². The van der Waals surface area contributed by atoms with Crippen molar-refractivity contribution < 1.29 is 23.1 Å². The topological polar surface area (TPSA) is 60.7 Å². The predicted octanol–water partition coefficient (Wildman–Crippen LogP) is 4.47. The average molecular weight is 375 g/mol. The molecule has 3 rings (SSSR count). The molecular weight excluding hydrogens is 349 g/mol. The first-order valence-corrected chi connectivity index (χ1v) is 9.58. The number of hydrogen-bond acceptors (Lipinski definition) is 4. The number of carbonyl (C=O) groups is 1. The normalized spacial score (nSPS) is 14.9. The quantitative estimate of drug-likeness (QED) is 0.657. The number of para-hydroxylation sites is 1. The Kier molecular flexibility index (Phi) is 7.27. The van der Waals surface area contributed by atoms with Crippen LogP contribution < -0.4 is 10.1 Å². The predicted molar refractivity (Wildman–Crippen MR) is 99.2 cm³/mol. The van der Waals surface area contributed by atoms with Gasteiger partial charge in [-0.05, 0) is 43.5 Å². The van der Waals surface area contributed by atoms with Crippen molar-refractivity contribution in [2.75, 3.05) is 13.2 Å². The molecule has 1 amide bonds. The van der Waals surface area contributed by atoms with Crippen LogP contribution in [0.25, 0.3) is 0 Å². The SMILES string of the molecule is O=C(NCCCOC1CCCCC1)c1ccc(COc2ccccc2F)o1. The molecule has 146 valence electrons. The van der Waals surface area contributed by atoms with Crippen LogP contribution >= 0.6 is 0 Å². The van der Waals surface area contributed by atoms with Crippen molar-refractivity contribution in [2.45, 2.75) is 51.2 Å². The maximum Gasteiger partial charge on any atom is 0.286 e. The molecule has 27 heavy (non-hydrogen) atoms. The molecule has 0 saturated heterocycles. The number of rotatable bonds is 9. The smallest absolute Gasteiger partial charge is 0.286 e. The minimum atomic E-state index is -0.433. The first kappa shape index (κ1) is 19.4. The molecule has 2 aromatic rings. The van der Waals surface area contributed by atoms with Gasteiger partial charge in [-0.25, -0.2) is 4.39 Å². The van der Waals surface area contributed by atoms with Gasteiger partial charge in [-0.1, -0.05) is 31.4 Å². The van der Waals surface area contributed by atoms with Gasteiger partial charge in [-0.3, -0.25) is 4.79 Å². The van der Waals surface area contributed by atoms with Gasteiger partial charge in [-0.15, -0.1) is 0 Å². The lowest BCUT2D eigenvalue weighted by atomic mass is 9.98. The van der Waals surface area contributed by atoms with Crippen LogP contribution in [0.2, 0.25) is 0 Å². The molecule has 0 aliphatic heterocycles. The molecule has 1 aromatic heterocycles. The fraction of sp³-hybridized carbons (Fsp3) is 0.476. The van der Waals surface area contributed by atoms with Crippen molar-refractivity contribution in [2.24, 2.45) is 0 Å².